The van der Waals surface area contributed by atoms with Gasteiger partial charge in [0.05, 0.1) is 24.7 Å². The third-order valence-electron chi connectivity index (χ3n) is 4.43. The molecule has 1 saturated heterocycles. The molecule has 6 nitrogen and oxygen atoms in total. The number of nitrogens with zero attached hydrogens (tertiary/aromatic N) is 3. The highest BCUT2D eigenvalue weighted by Gasteiger charge is 2.18. The van der Waals surface area contributed by atoms with E-state index in [-0.39, 0.29) is 11.9 Å². The Labute approximate surface area is 151 Å². The summed E-state index contributed by atoms with van der Waals surface area (Å²) in [5.74, 6) is -0.0703. The van der Waals surface area contributed by atoms with E-state index in [0.29, 0.717) is 18.8 Å². The highest BCUT2D eigenvalue weighted by molar-refractivity contribution is 5.95. The maximum atomic E-state index is 12.4. The highest BCUT2D eigenvalue weighted by Crippen LogP contribution is 2.19. The van der Waals surface area contributed by atoms with Crippen LogP contribution in [0.1, 0.15) is 22.3 Å². The number of nitrogens with one attached hydrogen (secondary N) is 1. The van der Waals surface area contributed by atoms with E-state index in [9.17, 15) is 4.79 Å². The number of hydrogen-bond acceptors (Lipinski definition) is 4. The van der Waals surface area contributed by atoms with Gasteiger partial charge >= 0.3 is 0 Å². The second-order valence-electron chi connectivity index (χ2n) is 6.40. The van der Waals surface area contributed by atoms with Crippen molar-refractivity contribution in [3.05, 3.63) is 72.4 Å². The lowest BCUT2D eigenvalue weighted by Gasteiger charge is -2.11. The number of imidazole rings is 1. The van der Waals surface area contributed by atoms with E-state index >= 15 is 0 Å². The number of benzene rings is 1. The van der Waals surface area contributed by atoms with Gasteiger partial charge in [-0.25, -0.2) is 4.98 Å². The Morgan fingerprint density at radius 2 is 2.27 bits per heavy atom. The first-order valence-electron chi connectivity index (χ1n) is 8.68. The predicted octanol–water partition coefficient (Wildman–Crippen LogP) is 2.51. The van der Waals surface area contributed by atoms with E-state index < -0.39 is 0 Å². The van der Waals surface area contributed by atoms with Gasteiger partial charge < -0.3 is 14.6 Å². The van der Waals surface area contributed by atoms with Crippen LogP contribution in [-0.2, 0) is 11.3 Å². The predicted molar refractivity (Wildman–Crippen MR) is 97.7 cm³/mol. The molecule has 1 aliphatic rings. The van der Waals surface area contributed by atoms with Crippen LogP contribution in [0.5, 0.6) is 0 Å². The van der Waals surface area contributed by atoms with Crippen LogP contribution in [0, 0.1) is 0 Å². The number of carbonyl (C=O) groups is 1. The number of amides is 1. The van der Waals surface area contributed by atoms with Gasteiger partial charge in [-0.3, -0.25) is 9.78 Å². The molecule has 132 valence electrons. The zero-order valence-electron chi connectivity index (χ0n) is 14.3. The summed E-state index contributed by atoms with van der Waals surface area (Å²) < 4.78 is 7.30. The molecule has 3 heterocycles. The number of carbonyl (C=O) groups excluding carboxylic acids is 1. The molecule has 1 atom stereocenters. The fourth-order valence-electron chi connectivity index (χ4n) is 3.02. The summed E-state index contributed by atoms with van der Waals surface area (Å²) >= 11 is 0. The van der Waals surface area contributed by atoms with Crippen LogP contribution in [-0.4, -0.2) is 39.7 Å². The fraction of sp³-hybridized carbons (Fsp3) is 0.250. The Morgan fingerprint density at radius 3 is 3.00 bits per heavy atom. The second-order valence-corrected chi connectivity index (χ2v) is 6.40. The molecule has 1 aliphatic heterocycles. The van der Waals surface area contributed by atoms with Gasteiger partial charge in [0.15, 0.2) is 0 Å². The van der Waals surface area contributed by atoms with Crippen LogP contribution in [0.4, 0.5) is 0 Å². The van der Waals surface area contributed by atoms with Gasteiger partial charge in [-0.1, -0.05) is 18.2 Å². The lowest BCUT2D eigenvalue weighted by atomic mass is 10.1. The molecule has 0 spiro atoms. The van der Waals surface area contributed by atoms with Crippen molar-refractivity contribution in [3.8, 4) is 11.3 Å². The molecule has 1 fully saturated rings. The van der Waals surface area contributed by atoms with Gasteiger partial charge in [-0.2, -0.15) is 0 Å². The lowest BCUT2D eigenvalue weighted by Crippen LogP contribution is -2.34. The molecule has 0 aliphatic carbocycles. The quantitative estimate of drug-likeness (QED) is 0.769. The van der Waals surface area contributed by atoms with Crippen molar-refractivity contribution in [2.24, 2.45) is 0 Å². The van der Waals surface area contributed by atoms with Crippen molar-refractivity contribution in [1.29, 1.82) is 0 Å². The average Bonchev–Trinajstić information content (AvgIpc) is 3.37. The van der Waals surface area contributed by atoms with Crippen LogP contribution >= 0.6 is 0 Å². The molecular weight excluding hydrogens is 328 g/mol. The second kappa shape index (κ2) is 7.49. The van der Waals surface area contributed by atoms with Crippen molar-refractivity contribution in [2.45, 2.75) is 19.0 Å². The summed E-state index contributed by atoms with van der Waals surface area (Å²) in [5.41, 5.74) is 3.51. The van der Waals surface area contributed by atoms with E-state index in [1.54, 1.807) is 12.5 Å². The summed E-state index contributed by atoms with van der Waals surface area (Å²) in [4.78, 5) is 21.0. The monoisotopic (exact) mass is 348 g/mol. The summed E-state index contributed by atoms with van der Waals surface area (Å²) in [6.45, 7) is 2.03. The summed E-state index contributed by atoms with van der Waals surface area (Å²) in [6.07, 6.45) is 8.19. The van der Waals surface area contributed by atoms with E-state index in [4.69, 9.17) is 4.74 Å². The molecule has 0 bridgehead atoms. The Kier molecular flexibility index (Phi) is 4.75. The molecule has 4 rings (SSSR count). The largest absolute Gasteiger partial charge is 0.379 e. The minimum Gasteiger partial charge on any atom is -0.379 e. The Bertz CT molecular complexity index is 869. The molecule has 1 aromatic carbocycles. The smallest absolute Gasteiger partial charge is 0.251 e. The Morgan fingerprint density at radius 1 is 1.31 bits per heavy atom. The van der Waals surface area contributed by atoms with Crippen LogP contribution in [0.2, 0.25) is 0 Å². The van der Waals surface area contributed by atoms with Crippen molar-refractivity contribution in [3.63, 3.8) is 0 Å². The molecule has 0 radical (unpaired) electrons. The molecule has 1 amide bonds. The van der Waals surface area contributed by atoms with Crippen molar-refractivity contribution < 1.29 is 9.53 Å². The summed E-state index contributed by atoms with van der Waals surface area (Å²) in [6, 6.07) is 11.7. The van der Waals surface area contributed by atoms with Gasteiger partial charge in [-0.05, 0) is 30.2 Å². The van der Waals surface area contributed by atoms with E-state index in [1.165, 1.54) is 0 Å². The molecule has 0 saturated carbocycles. The summed E-state index contributed by atoms with van der Waals surface area (Å²) in [7, 11) is 0. The van der Waals surface area contributed by atoms with Gasteiger partial charge in [0.1, 0.15) is 0 Å². The first-order valence-corrected chi connectivity index (χ1v) is 8.68. The number of aromatic nitrogens is 3. The Hall–Kier alpha value is -2.99. The Balaban J connectivity index is 1.47. The summed E-state index contributed by atoms with van der Waals surface area (Å²) in [5, 5.41) is 3.01. The van der Waals surface area contributed by atoms with Crippen molar-refractivity contribution in [1.82, 2.24) is 19.9 Å². The molecule has 3 aromatic rings. The molecule has 2 aromatic heterocycles. The van der Waals surface area contributed by atoms with Crippen LogP contribution in [0.25, 0.3) is 11.3 Å². The molecule has 26 heavy (non-hydrogen) atoms. The van der Waals surface area contributed by atoms with E-state index in [0.717, 1.165) is 29.8 Å². The number of ether oxygens (including phenoxy) is 1. The van der Waals surface area contributed by atoms with E-state index in [1.807, 2.05) is 53.4 Å². The third kappa shape index (κ3) is 3.81. The van der Waals surface area contributed by atoms with Crippen molar-refractivity contribution in [2.75, 3.05) is 13.2 Å². The number of rotatable bonds is 5. The topological polar surface area (TPSA) is 69.0 Å². The number of hydrogen-bond donors (Lipinski definition) is 1. The molecular formula is C20H20N4O2. The average molecular weight is 348 g/mol. The van der Waals surface area contributed by atoms with Gasteiger partial charge in [0, 0.05) is 42.9 Å². The molecule has 1 N–H and O–H groups in total. The number of pyridine rings is 1. The third-order valence-corrected chi connectivity index (χ3v) is 4.43. The van der Waals surface area contributed by atoms with E-state index in [2.05, 4.69) is 15.3 Å². The highest BCUT2D eigenvalue weighted by atomic mass is 16.5. The van der Waals surface area contributed by atoms with Gasteiger partial charge in [0.25, 0.3) is 5.91 Å². The standard InChI is InChI=1S/C20H20N4O2/c25-20(23-18-6-9-26-13-18)17-3-1-2-16(10-17)19-5-4-15(11-22-19)12-24-8-7-21-14-24/h1-5,7-8,10-11,14,18H,6,9,12-13H2,(H,23,25)/t18-/m1/s1. The first kappa shape index (κ1) is 16.5. The molecule has 6 heteroatoms. The van der Waals surface area contributed by atoms with Crippen LogP contribution in [0.3, 0.4) is 0 Å². The lowest BCUT2D eigenvalue weighted by molar-refractivity contribution is 0.0930. The van der Waals surface area contributed by atoms with Crippen LogP contribution < -0.4 is 5.32 Å². The maximum Gasteiger partial charge on any atom is 0.251 e. The fourth-order valence-corrected chi connectivity index (χ4v) is 3.02. The zero-order valence-corrected chi connectivity index (χ0v) is 14.3. The van der Waals surface area contributed by atoms with Crippen molar-refractivity contribution >= 4 is 5.91 Å². The van der Waals surface area contributed by atoms with Gasteiger partial charge in [-0.15, -0.1) is 0 Å². The normalized spacial score (nSPS) is 16.5. The van der Waals surface area contributed by atoms with Gasteiger partial charge in [0.2, 0.25) is 0 Å². The minimum absolute atomic E-state index is 0.0703. The first-order chi connectivity index (χ1) is 12.8. The van der Waals surface area contributed by atoms with Crippen LogP contribution in [0.15, 0.2) is 61.3 Å². The molecule has 0 unspecified atom stereocenters. The minimum atomic E-state index is -0.0703. The maximum absolute atomic E-state index is 12.4. The SMILES string of the molecule is O=C(N[C@@H]1CCOC1)c1cccc(-c2ccc(Cn3ccnc3)cn2)c1. The zero-order chi connectivity index (χ0) is 17.8.